The van der Waals surface area contributed by atoms with E-state index >= 15 is 0 Å². The molecule has 5 heteroatoms. The van der Waals surface area contributed by atoms with Crippen molar-refractivity contribution in [2.75, 3.05) is 39.5 Å². The van der Waals surface area contributed by atoms with Crippen LogP contribution in [0, 0.1) is 10.8 Å². The van der Waals surface area contributed by atoms with Gasteiger partial charge >= 0.3 is 0 Å². The summed E-state index contributed by atoms with van der Waals surface area (Å²) in [5.74, 6) is -2.65. The number of likely N-dealkylation sites (tertiary alicyclic amines) is 1. The molecular formula is C10H15F2NO2. The van der Waals surface area contributed by atoms with Gasteiger partial charge in [0.25, 0.3) is 5.92 Å². The molecule has 0 amide bonds. The average Bonchev–Trinajstić information content (AvgIpc) is 2.57. The summed E-state index contributed by atoms with van der Waals surface area (Å²) in [6.45, 7) is 3.17. The molecule has 0 radical (unpaired) electrons. The fourth-order valence-corrected chi connectivity index (χ4v) is 2.79. The number of alkyl halides is 2. The van der Waals surface area contributed by atoms with Crippen LogP contribution in [-0.2, 0) is 4.74 Å². The minimum Gasteiger partial charge on any atom is -0.396 e. The van der Waals surface area contributed by atoms with Crippen molar-refractivity contribution in [3.63, 3.8) is 0 Å². The average molecular weight is 219 g/mol. The molecule has 3 aliphatic rings. The first-order valence-electron chi connectivity index (χ1n) is 5.30. The van der Waals surface area contributed by atoms with Gasteiger partial charge in [0.05, 0.1) is 25.2 Å². The summed E-state index contributed by atoms with van der Waals surface area (Å²) >= 11 is 0. The molecule has 3 fully saturated rings. The van der Waals surface area contributed by atoms with Crippen molar-refractivity contribution >= 4 is 0 Å². The number of aliphatic hydroxyl groups excluding tert-OH is 1. The highest BCUT2D eigenvalue weighted by molar-refractivity contribution is 5.13. The van der Waals surface area contributed by atoms with Crippen LogP contribution < -0.4 is 0 Å². The molecule has 2 heterocycles. The van der Waals surface area contributed by atoms with Gasteiger partial charge in [0.2, 0.25) is 0 Å². The van der Waals surface area contributed by atoms with Crippen LogP contribution in [0.25, 0.3) is 0 Å². The maximum absolute atomic E-state index is 13.0. The Morgan fingerprint density at radius 3 is 2.20 bits per heavy atom. The van der Waals surface area contributed by atoms with Gasteiger partial charge in [-0.2, -0.15) is 0 Å². The van der Waals surface area contributed by atoms with Gasteiger partial charge in [0.1, 0.15) is 0 Å². The minimum absolute atomic E-state index is 0.156. The molecule has 2 saturated heterocycles. The van der Waals surface area contributed by atoms with Gasteiger partial charge in [0.15, 0.2) is 0 Å². The Labute approximate surface area is 87.0 Å². The van der Waals surface area contributed by atoms with E-state index in [1.165, 1.54) is 0 Å². The molecule has 2 aliphatic heterocycles. The predicted molar refractivity (Wildman–Crippen MR) is 48.8 cm³/mol. The van der Waals surface area contributed by atoms with E-state index in [0.29, 0.717) is 6.54 Å². The summed E-state index contributed by atoms with van der Waals surface area (Å²) < 4.78 is 31.2. The van der Waals surface area contributed by atoms with Crippen molar-refractivity contribution in [1.29, 1.82) is 0 Å². The zero-order chi connectivity index (χ0) is 10.7. The van der Waals surface area contributed by atoms with Crippen LogP contribution in [0.1, 0.15) is 6.42 Å². The molecule has 1 aliphatic carbocycles. The second-order valence-electron chi connectivity index (χ2n) is 5.46. The lowest BCUT2D eigenvalue weighted by Crippen LogP contribution is -2.66. The van der Waals surface area contributed by atoms with Gasteiger partial charge in [-0.05, 0) is 0 Å². The quantitative estimate of drug-likeness (QED) is 0.742. The first-order valence-corrected chi connectivity index (χ1v) is 5.30. The highest BCUT2D eigenvalue weighted by Crippen LogP contribution is 2.61. The molecule has 86 valence electrons. The van der Waals surface area contributed by atoms with Crippen LogP contribution >= 0.6 is 0 Å². The third kappa shape index (κ3) is 1.26. The van der Waals surface area contributed by atoms with Crippen molar-refractivity contribution in [2.45, 2.75) is 12.3 Å². The Hall–Kier alpha value is -0.260. The zero-order valence-corrected chi connectivity index (χ0v) is 8.51. The molecule has 0 unspecified atom stereocenters. The largest absolute Gasteiger partial charge is 0.396 e. The van der Waals surface area contributed by atoms with E-state index in [9.17, 15) is 8.78 Å². The third-order valence-electron chi connectivity index (χ3n) is 3.97. The Bertz CT molecular complexity index is 285. The van der Waals surface area contributed by atoms with Crippen molar-refractivity contribution in [2.24, 2.45) is 10.8 Å². The Morgan fingerprint density at radius 2 is 1.87 bits per heavy atom. The highest BCUT2D eigenvalue weighted by atomic mass is 19.3. The number of halogens is 2. The molecule has 1 spiro atoms. The lowest BCUT2D eigenvalue weighted by molar-refractivity contribution is -0.194. The molecule has 3 nitrogen and oxygen atoms in total. The van der Waals surface area contributed by atoms with Crippen LogP contribution in [0.15, 0.2) is 0 Å². The summed E-state index contributed by atoms with van der Waals surface area (Å²) in [7, 11) is 0. The second-order valence-corrected chi connectivity index (χ2v) is 5.46. The maximum atomic E-state index is 13.0. The molecular weight excluding hydrogens is 204 g/mol. The van der Waals surface area contributed by atoms with Gasteiger partial charge in [-0.25, -0.2) is 8.78 Å². The number of hydrogen-bond acceptors (Lipinski definition) is 3. The summed E-state index contributed by atoms with van der Waals surface area (Å²) in [5.41, 5.74) is -0.875. The van der Waals surface area contributed by atoms with E-state index in [4.69, 9.17) is 9.84 Å². The van der Waals surface area contributed by atoms with Crippen molar-refractivity contribution in [1.82, 2.24) is 4.90 Å². The SMILES string of the molecule is OC[C@]1(CN2CC3(COC3)C2)CC1(F)F. The van der Waals surface area contributed by atoms with Crippen molar-refractivity contribution in [3.05, 3.63) is 0 Å². The number of nitrogens with zero attached hydrogens (tertiary/aromatic N) is 1. The smallest absolute Gasteiger partial charge is 0.258 e. The fourth-order valence-electron chi connectivity index (χ4n) is 2.79. The highest BCUT2D eigenvalue weighted by Gasteiger charge is 2.71. The van der Waals surface area contributed by atoms with E-state index in [1.54, 1.807) is 0 Å². The number of ether oxygens (including phenoxy) is 1. The van der Waals surface area contributed by atoms with E-state index < -0.39 is 17.9 Å². The Balaban J connectivity index is 1.55. The summed E-state index contributed by atoms with van der Waals surface area (Å²) in [4.78, 5) is 2.01. The zero-order valence-electron chi connectivity index (χ0n) is 8.51. The normalized spacial score (nSPS) is 41.0. The van der Waals surface area contributed by atoms with E-state index in [2.05, 4.69) is 0 Å². The Morgan fingerprint density at radius 1 is 1.27 bits per heavy atom. The molecule has 1 atom stereocenters. The first-order chi connectivity index (χ1) is 7.01. The summed E-state index contributed by atoms with van der Waals surface area (Å²) in [5, 5.41) is 9.03. The van der Waals surface area contributed by atoms with Gasteiger partial charge < -0.3 is 14.7 Å². The van der Waals surface area contributed by atoms with Crippen LogP contribution in [-0.4, -0.2) is 55.4 Å². The molecule has 0 aromatic heterocycles. The fraction of sp³-hybridized carbons (Fsp3) is 1.00. The van der Waals surface area contributed by atoms with Gasteiger partial charge in [-0.15, -0.1) is 0 Å². The Kier molecular flexibility index (Phi) is 1.79. The van der Waals surface area contributed by atoms with Crippen LogP contribution in [0.5, 0.6) is 0 Å². The van der Waals surface area contributed by atoms with Gasteiger partial charge in [-0.1, -0.05) is 0 Å². The first kappa shape index (κ1) is 9.93. The van der Waals surface area contributed by atoms with Crippen LogP contribution in [0.3, 0.4) is 0 Å². The molecule has 0 bridgehead atoms. The molecule has 0 aromatic rings. The number of rotatable bonds is 3. The molecule has 3 rings (SSSR count). The lowest BCUT2D eigenvalue weighted by atomic mass is 9.77. The molecule has 0 aromatic carbocycles. The summed E-state index contributed by atoms with van der Waals surface area (Å²) in [6, 6.07) is 0. The van der Waals surface area contributed by atoms with E-state index in [1.807, 2.05) is 4.90 Å². The van der Waals surface area contributed by atoms with E-state index in [-0.39, 0.29) is 11.8 Å². The second kappa shape index (κ2) is 2.70. The van der Waals surface area contributed by atoms with Crippen molar-refractivity contribution in [3.8, 4) is 0 Å². The van der Waals surface area contributed by atoms with E-state index in [0.717, 1.165) is 26.3 Å². The summed E-state index contributed by atoms with van der Waals surface area (Å²) in [6.07, 6.45) is -0.156. The van der Waals surface area contributed by atoms with Crippen LogP contribution in [0.4, 0.5) is 8.78 Å². The van der Waals surface area contributed by atoms with Crippen molar-refractivity contribution < 1.29 is 18.6 Å². The lowest BCUT2D eigenvalue weighted by Gasteiger charge is -2.55. The molecule has 15 heavy (non-hydrogen) atoms. The molecule has 1 saturated carbocycles. The third-order valence-corrected chi connectivity index (χ3v) is 3.97. The monoisotopic (exact) mass is 219 g/mol. The number of hydrogen-bond donors (Lipinski definition) is 1. The van der Waals surface area contributed by atoms with Crippen LogP contribution in [0.2, 0.25) is 0 Å². The molecule has 1 N–H and O–H groups in total. The number of aliphatic hydroxyl groups is 1. The maximum Gasteiger partial charge on any atom is 0.258 e. The standard InChI is InChI=1S/C10H15F2NO2/c11-10(12)1-9(10,5-14)4-13-2-8(3-13)6-15-7-8/h14H,1-7H2/t9-/m1/s1. The topological polar surface area (TPSA) is 32.7 Å². The van der Waals surface area contributed by atoms with Gasteiger partial charge in [0, 0.05) is 31.5 Å². The predicted octanol–water partition coefficient (Wildman–Crippen LogP) is 0.336. The van der Waals surface area contributed by atoms with Gasteiger partial charge in [-0.3, -0.25) is 0 Å². The minimum atomic E-state index is -2.65.